The zero-order valence-electron chi connectivity index (χ0n) is 27.8. The van der Waals surface area contributed by atoms with Crippen LogP contribution in [0.5, 0.6) is 0 Å². The van der Waals surface area contributed by atoms with Gasteiger partial charge in [-0.15, -0.1) is 0 Å². The van der Waals surface area contributed by atoms with E-state index in [1.165, 1.54) is 12.2 Å². The molecule has 4 aliphatic carbocycles. The van der Waals surface area contributed by atoms with E-state index in [1.54, 1.807) is 32.5 Å². The Kier molecular flexibility index (Phi) is 7.92. The minimum absolute atomic E-state index is 0.0394. The molecule has 48 heavy (non-hydrogen) atoms. The van der Waals surface area contributed by atoms with Crippen LogP contribution in [0.25, 0.3) is 0 Å². The number of carbonyl (C=O) groups is 2. The number of allylic oxidation sites excluding steroid dienone is 4. The molecule has 10 atom stereocenters. The second-order valence-electron chi connectivity index (χ2n) is 15.0. The molecule has 0 radical (unpaired) electrons. The lowest BCUT2D eigenvalue weighted by Gasteiger charge is -2.63. The number of halogens is 2. The lowest BCUT2D eigenvalue weighted by atomic mass is 9.44. The largest absolute Gasteiger partial charge is 0.390 e. The minimum atomic E-state index is -2.30. The first kappa shape index (κ1) is 33.6. The molecule has 7 nitrogen and oxygen atoms in total. The summed E-state index contributed by atoms with van der Waals surface area (Å²) in [6.07, 6.45) is -0.526. The Morgan fingerprint density at radius 3 is 2.31 bits per heavy atom. The first-order valence-electron chi connectivity index (χ1n) is 16.7. The number of alkyl halides is 2. The molecule has 5 aliphatic rings. The summed E-state index contributed by atoms with van der Waals surface area (Å²) in [4.78, 5) is 28.1. The molecule has 10 heteroatoms. The second kappa shape index (κ2) is 11.3. The average molecular weight is 680 g/mol. The predicted molar refractivity (Wildman–Crippen MR) is 178 cm³/mol. The number of Topliss-reactive ketones (excluding diaryl/α,β-unsaturated/α-hetero) is 1. The lowest BCUT2D eigenvalue weighted by Crippen LogP contribution is -2.71. The standard InChI is InChI=1S/C38H43F2NO6S/c1-21(2)41-23-8-12-26(13-9-23)48-25-10-6-22(7-11-25)36(5)46-33-18-27-28-17-30(39)29-16-24(43)14-15-34(29,3)37(28,40)31(44)19-35(27,4)38(33,47-36)32(45)20-42/h6-16,21,27-28,30-31,33,41-42,44H,17-20H2,1-5H3/t27-,28-,30-,31-,33+,34-,35-,36+,37-,38+/m0/s1. The molecule has 3 N–H and O–H groups in total. The zero-order valence-corrected chi connectivity index (χ0v) is 28.7. The quantitative estimate of drug-likeness (QED) is 0.306. The van der Waals surface area contributed by atoms with Crippen LogP contribution in [0.15, 0.2) is 82.1 Å². The van der Waals surface area contributed by atoms with Crippen LogP contribution in [0.1, 0.15) is 59.4 Å². The summed E-state index contributed by atoms with van der Waals surface area (Å²) in [5.74, 6) is -4.01. The molecule has 7 rings (SSSR count). The van der Waals surface area contributed by atoms with Gasteiger partial charge in [-0.2, -0.15) is 0 Å². The number of ketones is 2. The van der Waals surface area contributed by atoms with Crippen molar-refractivity contribution in [2.75, 3.05) is 11.9 Å². The Morgan fingerprint density at radius 1 is 1.04 bits per heavy atom. The van der Waals surface area contributed by atoms with Gasteiger partial charge in [-0.25, -0.2) is 8.78 Å². The van der Waals surface area contributed by atoms with Gasteiger partial charge in [0.25, 0.3) is 0 Å². The van der Waals surface area contributed by atoms with Crippen molar-refractivity contribution in [2.45, 2.75) is 105 Å². The third-order valence-corrected chi connectivity index (χ3v) is 13.0. The van der Waals surface area contributed by atoms with Crippen molar-refractivity contribution in [3.63, 3.8) is 0 Å². The normalized spacial score (nSPS) is 41.3. The predicted octanol–water partition coefficient (Wildman–Crippen LogP) is 6.48. The molecule has 0 unspecified atom stereocenters. The molecule has 0 spiro atoms. The molecule has 1 heterocycles. The maximum absolute atomic E-state index is 17.7. The highest BCUT2D eigenvalue weighted by Gasteiger charge is 2.81. The van der Waals surface area contributed by atoms with Gasteiger partial charge in [-0.3, -0.25) is 9.59 Å². The summed E-state index contributed by atoms with van der Waals surface area (Å²) in [5.41, 5.74) is -4.98. The first-order chi connectivity index (χ1) is 22.6. The highest BCUT2D eigenvalue weighted by atomic mass is 32.2. The summed E-state index contributed by atoms with van der Waals surface area (Å²) in [7, 11) is 0. The number of nitrogens with one attached hydrogen (secondary N) is 1. The molecule has 2 aromatic carbocycles. The molecular weight excluding hydrogens is 636 g/mol. The van der Waals surface area contributed by atoms with E-state index in [-0.39, 0.29) is 24.8 Å². The Bertz CT molecular complexity index is 1700. The van der Waals surface area contributed by atoms with E-state index in [0.29, 0.717) is 11.6 Å². The van der Waals surface area contributed by atoms with Crippen molar-refractivity contribution in [3.8, 4) is 0 Å². The summed E-state index contributed by atoms with van der Waals surface area (Å²) in [5, 5.41) is 25.4. The maximum Gasteiger partial charge on any atom is 0.193 e. The Balaban J connectivity index is 1.18. The molecule has 0 aromatic heterocycles. The van der Waals surface area contributed by atoms with Crippen LogP contribution in [0.4, 0.5) is 14.5 Å². The average Bonchev–Trinajstić information content (AvgIpc) is 3.48. The summed E-state index contributed by atoms with van der Waals surface area (Å²) < 4.78 is 47.0. The van der Waals surface area contributed by atoms with E-state index in [2.05, 4.69) is 31.3 Å². The highest BCUT2D eigenvalue weighted by Crippen LogP contribution is 2.73. The van der Waals surface area contributed by atoms with E-state index in [4.69, 9.17) is 9.47 Å². The van der Waals surface area contributed by atoms with Crippen LogP contribution in [0.2, 0.25) is 0 Å². The van der Waals surface area contributed by atoms with E-state index < -0.39 is 76.3 Å². The van der Waals surface area contributed by atoms with Gasteiger partial charge in [-0.1, -0.05) is 36.9 Å². The highest BCUT2D eigenvalue weighted by molar-refractivity contribution is 7.99. The van der Waals surface area contributed by atoms with Crippen molar-refractivity contribution >= 4 is 29.0 Å². The number of aliphatic hydroxyl groups is 2. The molecule has 3 saturated carbocycles. The van der Waals surface area contributed by atoms with Gasteiger partial charge in [0, 0.05) is 43.8 Å². The molecule has 0 bridgehead atoms. The van der Waals surface area contributed by atoms with Crippen molar-refractivity contribution < 1.29 is 38.1 Å². The summed E-state index contributed by atoms with van der Waals surface area (Å²) >= 11 is 1.60. The molecule has 4 fully saturated rings. The topological polar surface area (TPSA) is 105 Å². The number of carbonyl (C=O) groups excluding carboxylic acids is 2. The number of rotatable bonds is 7. The van der Waals surface area contributed by atoms with Crippen molar-refractivity contribution in [1.82, 2.24) is 0 Å². The van der Waals surface area contributed by atoms with Crippen LogP contribution >= 0.6 is 11.8 Å². The van der Waals surface area contributed by atoms with Gasteiger partial charge >= 0.3 is 0 Å². The fraction of sp³-hybridized carbons (Fsp3) is 0.526. The minimum Gasteiger partial charge on any atom is -0.390 e. The van der Waals surface area contributed by atoms with Gasteiger partial charge in [0.05, 0.1) is 12.2 Å². The number of hydrogen-bond donors (Lipinski definition) is 3. The fourth-order valence-electron chi connectivity index (χ4n) is 9.81. The molecule has 2 aromatic rings. The molecule has 256 valence electrons. The Hall–Kier alpha value is -2.89. The summed E-state index contributed by atoms with van der Waals surface area (Å²) in [6.45, 7) is 8.41. The molecular formula is C38H43F2NO6S. The molecule has 0 amide bonds. The van der Waals surface area contributed by atoms with Crippen molar-refractivity contribution in [2.24, 2.45) is 22.7 Å². The number of ether oxygens (including phenoxy) is 2. The maximum atomic E-state index is 17.7. The number of aliphatic hydroxyl groups excluding tert-OH is 2. The van der Waals surface area contributed by atoms with Gasteiger partial charge in [0.2, 0.25) is 0 Å². The van der Waals surface area contributed by atoms with Gasteiger partial charge < -0.3 is 25.0 Å². The number of anilines is 1. The van der Waals surface area contributed by atoms with E-state index in [1.807, 2.05) is 36.4 Å². The van der Waals surface area contributed by atoms with Crippen LogP contribution in [0.3, 0.4) is 0 Å². The van der Waals surface area contributed by atoms with E-state index >= 15 is 8.78 Å². The SMILES string of the molecule is CC(C)Nc1ccc(Sc2ccc([C@]3(C)O[C@@H]4C[C@H]5[C@@H]6C[C@H](F)C7=CC(=O)C=C[C@]7(C)[C@@]6(F)[C@@H](O)C[C@]5(C)[C@]4(C(=O)CO)O3)cc2)cc1. The van der Waals surface area contributed by atoms with Gasteiger partial charge in [0.1, 0.15) is 12.8 Å². The second-order valence-corrected chi connectivity index (χ2v) is 16.2. The van der Waals surface area contributed by atoms with Crippen LogP contribution in [-0.2, 0) is 24.8 Å². The van der Waals surface area contributed by atoms with Crippen LogP contribution in [-0.4, -0.2) is 64.1 Å². The smallest absolute Gasteiger partial charge is 0.193 e. The zero-order chi connectivity index (χ0) is 34.4. The first-order valence-corrected chi connectivity index (χ1v) is 17.6. The third-order valence-electron chi connectivity index (χ3n) is 12.0. The van der Waals surface area contributed by atoms with Gasteiger partial charge in [-0.05, 0) is 107 Å². The Morgan fingerprint density at radius 2 is 1.69 bits per heavy atom. The van der Waals surface area contributed by atoms with Crippen molar-refractivity contribution in [3.05, 3.63) is 77.9 Å². The third kappa shape index (κ3) is 4.59. The molecule has 1 aliphatic heterocycles. The lowest BCUT2D eigenvalue weighted by molar-refractivity contribution is -0.256. The number of benzene rings is 2. The number of hydrogen-bond acceptors (Lipinski definition) is 8. The number of fused-ring (bicyclic) bond motifs is 7. The fourth-order valence-corrected chi connectivity index (χ4v) is 10.6. The van der Waals surface area contributed by atoms with Gasteiger partial charge in [0.15, 0.2) is 28.6 Å². The van der Waals surface area contributed by atoms with E-state index in [0.717, 1.165) is 21.6 Å². The monoisotopic (exact) mass is 679 g/mol. The van der Waals surface area contributed by atoms with Crippen molar-refractivity contribution in [1.29, 1.82) is 0 Å². The van der Waals surface area contributed by atoms with E-state index in [9.17, 15) is 19.8 Å². The Labute approximate surface area is 284 Å². The molecule has 1 saturated heterocycles. The summed E-state index contributed by atoms with van der Waals surface area (Å²) in [6, 6.07) is 16.2. The van der Waals surface area contributed by atoms with Crippen LogP contribution in [0, 0.1) is 22.7 Å². The van der Waals surface area contributed by atoms with Crippen LogP contribution < -0.4 is 5.32 Å².